The van der Waals surface area contributed by atoms with Crippen LogP contribution in [0.2, 0.25) is 0 Å². The summed E-state index contributed by atoms with van der Waals surface area (Å²) in [5.74, 6) is -1.62. The van der Waals surface area contributed by atoms with Gasteiger partial charge in [0, 0.05) is 23.2 Å². The van der Waals surface area contributed by atoms with Crippen LogP contribution < -0.4 is 10.1 Å². The van der Waals surface area contributed by atoms with Gasteiger partial charge in [-0.1, -0.05) is 18.2 Å². The molecule has 2 aromatic rings. The highest BCUT2D eigenvalue weighted by molar-refractivity contribution is 5.95. The lowest BCUT2D eigenvalue weighted by Crippen LogP contribution is -2.43. The van der Waals surface area contributed by atoms with Crippen LogP contribution in [0.25, 0.3) is 0 Å². The average Bonchev–Trinajstić information content (AvgIpc) is 2.63. The van der Waals surface area contributed by atoms with Gasteiger partial charge in [-0.2, -0.15) is 0 Å². The van der Waals surface area contributed by atoms with Crippen LogP contribution in [0.15, 0.2) is 42.5 Å². The molecule has 1 N–H and O–H groups in total. The van der Waals surface area contributed by atoms with Crippen molar-refractivity contribution in [3.8, 4) is 5.75 Å². The number of hydrogen-bond acceptors (Lipinski definition) is 3. The number of benzene rings is 2. The molecular weight excluding hydrogens is 338 g/mol. The van der Waals surface area contributed by atoms with E-state index in [-0.39, 0.29) is 24.3 Å². The molecule has 1 fully saturated rings. The van der Waals surface area contributed by atoms with Gasteiger partial charge in [-0.05, 0) is 51.2 Å². The first-order valence-electron chi connectivity index (χ1n) is 8.68. The van der Waals surface area contributed by atoms with Crippen LogP contribution in [-0.4, -0.2) is 37.0 Å². The number of nitrogens with zero attached hydrogens (tertiary/aromatic N) is 1. The van der Waals surface area contributed by atoms with Crippen LogP contribution in [0.3, 0.4) is 0 Å². The maximum Gasteiger partial charge on any atom is 0.251 e. The molecule has 1 amide bonds. The van der Waals surface area contributed by atoms with Crippen molar-refractivity contribution in [2.24, 2.45) is 0 Å². The second-order valence-corrected chi connectivity index (χ2v) is 6.57. The second-order valence-electron chi connectivity index (χ2n) is 6.57. The van der Waals surface area contributed by atoms with Gasteiger partial charge in [0.25, 0.3) is 5.91 Å². The Bertz CT molecular complexity index is 774. The van der Waals surface area contributed by atoms with E-state index in [9.17, 15) is 13.6 Å². The third-order valence-electron chi connectivity index (χ3n) is 4.59. The topological polar surface area (TPSA) is 41.6 Å². The molecule has 0 aliphatic carbocycles. The molecule has 6 heteroatoms. The molecule has 1 saturated heterocycles. The Morgan fingerprint density at radius 2 is 1.92 bits per heavy atom. The Kier molecular flexibility index (Phi) is 5.83. The molecule has 0 bridgehead atoms. The smallest absolute Gasteiger partial charge is 0.251 e. The number of likely N-dealkylation sites (tertiary alicyclic amines) is 1. The van der Waals surface area contributed by atoms with Crippen LogP contribution in [0.4, 0.5) is 8.78 Å². The van der Waals surface area contributed by atoms with Crippen LogP contribution in [0, 0.1) is 11.6 Å². The van der Waals surface area contributed by atoms with E-state index in [2.05, 4.69) is 17.3 Å². The lowest BCUT2D eigenvalue weighted by molar-refractivity contribution is 0.0914. The molecule has 1 heterocycles. The van der Waals surface area contributed by atoms with Gasteiger partial charge in [0.15, 0.2) is 11.6 Å². The monoisotopic (exact) mass is 360 g/mol. The minimum absolute atomic E-state index is 0.0273. The van der Waals surface area contributed by atoms with E-state index < -0.39 is 11.6 Å². The fourth-order valence-electron chi connectivity index (χ4n) is 3.03. The first-order valence-corrected chi connectivity index (χ1v) is 8.68. The van der Waals surface area contributed by atoms with E-state index in [1.54, 1.807) is 24.3 Å². The van der Waals surface area contributed by atoms with Gasteiger partial charge in [-0.15, -0.1) is 0 Å². The Hall–Kier alpha value is -2.47. The summed E-state index contributed by atoms with van der Waals surface area (Å²) in [5, 5.41) is 3.07. The molecule has 0 radical (unpaired) electrons. The number of amides is 1. The fraction of sp³-hybridized carbons (Fsp3) is 0.350. The maximum atomic E-state index is 13.7. The molecule has 3 rings (SSSR count). The van der Waals surface area contributed by atoms with Gasteiger partial charge in [-0.3, -0.25) is 4.79 Å². The summed E-state index contributed by atoms with van der Waals surface area (Å²) < 4.78 is 32.1. The van der Waals surface area contributed by atoms with E-state index in [0.29, 0.717) is 11.1 Å². The maximum absolute atomic E-state index is 13.7. The van der Waals surface area contributed by atoms with Gasteiger partial charge in [0.1, 0.15) is 12.4 Å². The number of carbonyl (C=O) groups excluding carboxylic acids is 1. The van der Waals surface area contributed by atoms with Crippen LogP contribution in [0.1, 0.15) is 28.8 Å². The third kappa shape index (κ3) is 4.58. The molecule has 0 saturated carbocycles. The van der Waals surface area contributed by atoms with Crippen molar-refractivity contribution in [3.05, 3.63) is 65.2 Å². The second kappa shape index (κ2) is 8.27. The van der Waals surface area contributed by atoms with Crippen molar-refractivity contribution in [2.75, 3.05) is 20.1 Å². The van der Waals surface area contributed by atoms with Crippen LogP contribution in [-0.2, 0) is 6.61 Å². The van der Waals surface area contributed by atoms with Gasteiger partial charge in [-0.25, -0.2) is 8.78 Å². The summed E-state index contributed by atoms with van der Waals surface area (Å²) in [6.07, 6.45) is 1.84. The quantitative estimate of drug-likeness (QED) is 0.889. The molecule has 1 aliphatic rings. The number of halogens is 2. The lowest BCUT2D eigenvalue weighted by atomic mass is 10.0. The highest BCUT2D eigenvalue weighted by Crippen LogP contribution is 2.20. The van der Waals surface area contributed by atoms with E-state index in [4.69, 9.17) is 4.74 Å². The molecule has 0 aromatic heterocycles. The SMILES string of the molecule is CN1CCC(NC(=O)c2ccccc2COc2ccc(F)cc2F)CC1. The molecule has 1 aliphatic heterocycles. The molecule has 26 heavy (non-hydrogen) atoms. The van der Waals surface area contributed by atoms with Gasteiger partial charge in [0.05, 0.1) is 0 Å². The summed E-state index contributed by atoms with van der Waals surface area (Å²) in [4.78, 5) is 14.9. The van der Waals surface area contributed by atoms with Gasteiger partial charge >= 0.3 is 0 Å². The summed E-state index contributed by atoms with van der Waals surface area (Å²) in [5.41, 5.74) is 1.16. The average molecular weight is 360 g/mol. The van der Waals surface area contributed by atoms with Crippen molar-refractivity contribution in [2.45, 2.75) is 25.5 Å². The number of carbonyl (C=O) groups is 1. The first-order chi connectivity index (χ1) is 12.5. The highest BCUT2D eigenvalue weighted by Gasteiger charge is 2.20. The lowest BCUT2D eigenvalue weighted by Gasteiger charge is -2.29. The number of nitrogens with one attached hydrogen (secondary N) is 1. The Labute approximate surface area is 151 Å². The zero-order valence-electron chi connectivity index (χ0n) is 14.7. The summed E-state index contributed by atoms with van der Waals surface area (Å²) in [6, 6.07) is 10.4. The summed E-state index contributed by atoms with van der Waals surface area (Å²) >= 11 is 0. The van der Waals surface area contributed by atoms with Crippen molar-refractivity contribution in [1.82, 2.24) is 10.2 Å². The number of rotatable bonds is 5. The minimum atomic E-state index is -0.766. The molecule has 138 valence electrons. The zero-order chi connectivity index (χ0) is 18.5. The molecule has 4 nitrogen and oxygen atoms in total. The first kappa shape index (κ1) is 18.3. The van der Waals surface area contributed by atoms with E-state index in [1.807, 2.05) is 0 Å². The predicted octanol–water partition coefficient (Wildman–Crippen LogP) is 3.37. The van der Waals surface area contributed by atoms with Crippen molar-refractivity contribution in [1.29, 1.82) is 0 Å². The standard InChI is InChI=1S/C20H22F2N2O2/c1-24-10-8-16(9-11-24)23-20(25)17-5-3-2-4-14(17)13-26-19-7-6-15(21)12-18(19)22/h2-7,12,16H,8-11,13H2,1H3,(H,23,25). The van der Waals surface area contributed by atoms with Gasteiger partial charge in [0.2, 0.25) is 0 Å². The van der Waals surface area contributed by atoms with Gasteiger partial charge < -0.3 is 15.0 Å². The Morgan fingerprint density at radius 3 is 2.65 bits per heavy atom. The number of piperidine rings is 1. The Morgan fingerprint density at radius 1 is 1.19 bits per heavy atom. The van der Waals surface area contributed by atoms with E-state index in [1.165, 1.54) is 6.07 Å². The van der Waals surface area contributed by atoms with E-state index in [0.717, 1.165) is 38.1 Å². The van der Waals surface area contributed by atoms with Crippen molar-refractivity contribution >= 4 is 5.91 Å². The largest absolute Gasteiger partial charge is 0.486 e. The molecule has 0 spiro atoms. The third-order valence-corrected chi connectivity index (χ3v) is 4.59. The number of hydrogen-bond donors (Lipinski definition) is 1. The number of ether oxygens (including phenoxy) is 1. The summed E-state index contributed by atoms with van der Waals surface area (Å²) in [6.45, 7) is 1.94. The van der Waals surface area contributed by atoms with Crippen LogP contribution in [0.5, 0.6) is 5.75 Å². The molecule has 2 aromatic carbocycles. The molecule has 0 atom stereocenters. The highest BCUT2D eigenvalue weighted by atomic mass is 19.1. The predicted molar refractivity (Wildman–Crippen MR) is 95.1 cm³/mol. The van der Waals surface area contributed by atoms with E-state index >= 15 is 0 Å². The minimum Gasteiger partial charge on any atom is -0.486 e. The fourth-order valence-corrected chi connectivity index (χ4v) is 3.03. The zero-order valence-corrected chi connectivity index (χ0v) is 14.7. The van der Waals surface area contributed by atoms with Crippen molar-refractivity contribution in [3.63, 3.8) is 0 Å². The molecular formula is C20H22F2N2O2. The molecule has 0 unspecified atom stereocenters. The normalized spacial score (nSPS) is 15.7. The van der Waals surface area contributed by atoms with Crippen LogP contribution >= 0.6 is 0 Å². The summed E-state index contributed by atoms with van der Waals surface area (Å²) in [7, 11) is 2.07. The van der Waals surface area contributed by atoms with Crippen molar-refractivity contribution < 1.29 is 18.3 Å². The Balaban J connectivity index is 1.66.